The molecule has 0 radical (unpaired) electrons. The number of nitrogens with zero attached hydrogens (tertiary/aromatic N) is 2. The molecule has 0 atom stereocenters. The monoisotopic (exact) mass is 304 g/mol. The molecular weight excluding hydrogens is 280 g/mol. The first-order chi connectivity index (χ1) is 11.2. The van der Waals surface area contributed by atoms with Crippen molar-refractivity contribution < 1.29 is 9.13 Å². The average molecular weight is 304 g/mol. The largest absolute Gasteiger partial charge is 0.201 e. The predicted octanol–water partition coefficient (Wildman–Crippen LogP) is 3.23. The third-order valence-electron chi connectivity index (χ3n) is 4.18. The quantitative estimate of drug-likeness (QED) is 0.639. The van der Waals surface area contributed by atoms with Gasteiger partial charge in [0.15, 0.2) is 37.9 Å². The molecule has 2 nitrogen and oxygen atoms in total. The van der Waals surface area contributed by atoms with Gasteiger partial charge in [-0.25, -0.2) is 9.13 Å². The Kier molecular flexibility index (Phi) is 4.82. The Hall–Kier alpha value is -2.48. The van der Waals surface area contributed by atoms with Crippen molar-refractivity contribution in [2.45, 2.75) is 33.4 Å². The van der Waals surface area contributed by atoms with Crippen LogP contribution in [0.15, 0.2) is 73.3 Å². The molecule has 0 spiro atoms. The van der Waals surface area contributed by atoms with Crippen molar-refractivity contribution in [2.24, 2.45) is 0 Å². The van der Waals surface area contributed by atoms with Gasteiger partial charge in [-0.1, -0.05) is 31.2 Å². The van der Waals surface area contributed by atoms with E-state index in [0.29, 0.717) is 0 Å². The second-order valence-electron chi connectivity index (χ2n) is 6.10. The predicted molar refractivity (Wildman–Crippen MR) is 92.0 cm³/mol. The van der Waals surface area contributed by atoms with Crippen molar-refractivity contribution in [3.05, 3.63) is 95.6 Å². The van der Waals surface area contributed by atoms with Crippen molar-refractivity contribution in [3.8, 4) is 0 Å². The van der Waals surface area contributed by atoms with Crippen LogP contribution in [0.4, 0.5) is 0 Å². The van der Waals surface area contributed by atoms with Gasteiger partial charge in [0.2, 0.25) is 0 Å². The summed E-state index contributed by atoms with van der Waals surface area (Å²) >= 11 is 0. The molecule has 0 N–H and O–H groups in total. The van der Waals surface area contributed by atoms with E-state index < -0.39 is 0 Å². The Morgan fingerprint density at radius 2 is 1.04 bits per heavy atom. The Morgan fingerprint density at radius 3 is 1.48 bits per heavy atom. The maximum atomic E-state index is 2.23. The molecule has 0 saturated carbocycles. The van der Waals surface area contributed by atoms with Crippen LogP contribution >= 0.6 is 0 Å². The van der Waals surface area contributed by atoms with Crippen molar-refractivity contribution in [3.63, 3.8) is 0 Å². The molecule has 116 valence electrons. The van der Waals surface area contributed by atoms with E-state index in [1.807, 2.05) is 0 Å². The molecule has 3 rings (SSSR count). The van der Waals surface area contributed by atoms with Gasteiger partial charge < -0.3 is 0 Å². The molecule has 3 aromatic rings. The summed E-state index contributed by atoms with van der Waals surface area (Å²) in [6.07, 6.45) is 9.68. The number of hydrogen-bond acceptors (Lipinski definition) is 0. The third kappa shape index (κ3) is 4.26. The Morgan fingerprint density at radius 1 is 0.609 bits per heavy atom. The summed E-state index contributed by atoms with van der Waals surface area (Å²) in [5, 5.41) is 0. The minimum absolute atomic E-state index is 0.916. The minimum atomic E-state index is 0.916. The molecule has 0 saturated heterocycles. The number of aryl methyl sites for hydroxylation is 2. The minimum Gasteiger partial charge on any atom is -0.201 e. The van der Waals surface area contributed by atoms with E-state index in [1.165, 1.54) is 22.3 Å². The van der Waals surface area contributed by atoms with Gasteiger partial charge in [0.05, 0.1) is 0 Å². The van der Waals surface area contributed by atoms with E-state index in [2.05, 4.69) is 96.3 Å². The van der Waals surface area contributed by atoms with Crippen LogP contribution in [0.5, 0.6) is 0 Å². The van der Waals surface area contributed by atoms with Crippen LogP contribution in [-0.4, -0.2) is 0 Å². The Labute approximate surface area is 138 Å². The highest BCUT2D eigenvalue weighted by molar-refractivity contribution is 5.21. The third-order valence-corrected chi connectivity index (χ3v) is 4.18. The van der Waals surface area contributed by atoms with Crippen LogP contribution in [0.1, 0.15) is 29.2 Å². The zero-order valence-corrected chi connectivity index (χ0v) is 13.9. The lowest BCUT2D eigenvalue weighted by atomic mass is 10.1. The molecule has 0 fully saturated rings. The van der Waals surface area contributed by atoms with Gasteiger partial charge in [0, 0.05) is 35.4 Å². The van der Waals surface area contributed by atoms with Crippen molar-refractivity contribution in [2.75, 3.05) is 0 Å². The van der Waals surface area contributed by atoms with E-state index >= 15 is 0 Å². The molecule has 0 unspecified atom stereocenters. The summed E-state index contributed by atoms with van der Waals surface area (Å²) in [4.78, 5) is 0. The van der Waals surface area contributed by atoms with Crippen molar-refractivity contribution in [1.29, 1.82) is 0 Å². The average Bonchev–Trinajstić information content (AvgIpc) is 2.59. The van der Waals surface area contributed by atoms with E-state index in [9.17, 15) is 0 Å². The van der Waals surface area contributed by atoms with Gasteiger partial charge in [-0.05, 0) is 24.5 Å². The van der Waals surface area contributed by atoms with Crippen molar-refractivity contribution in [1.82, 2.24) is 0 Å². The van der Waals surface area contributed by atoms with Gasteiger partial charge in [-0.15, -0.1) is 0 Å². The number of aromatic nitrogens is 2. The summed E-state index contributed by atoms with van der Waals surface area (Å²) in [6, 6.07) is 17.6. The van der Waals surface area contributed by atoms with E-state index in [0.717, 1.165) is 19.5 Å². The topological polar surface area (TPSA) is 7.76 Å². The fourth-order valence-electron chi connectivity index (χ4n) is 2.64. The van der Waals surface area contributed by atoms with Gasteiger partial charge in [0.25, 0.3) is 0 Å². The molecule has 0 amide bonds. The molecule has 0 aliphatic rings. The zero-order valence-electron chi connectivity index (χ0n) is 13.9. The van der Waals surface area contributed by atoms with E-state index in [1.54, 1.807) is 0 Å². The molecular formula is C21H24N2+2. The molecule has 0 bridgehead atoms. The summed E-state index contributed by atoms with van der Waals surface area (Å²) in [5.74, 6) is 0. The lowest BCUT2D eigenvalue weighted by molar-refractivity contribution is -0.689. The normalized spacial score (nSPS) is 10.7. The standard InChI is InChI=1S/C21H24N2/c1-3-19-10-14-23(15-11-19)17-21-6-4-20(5-7-21)16-22-12-8-18(2)9-13-22/h4-15H,3,16-17H2,1-2H3/q+2. The lowest BCUT2D eigenvalue weighted by Gasteiger charge is -2.02. The SMILES string of the molecule is CCc1cc[n+](Cc2ccc(C[n+]3ccc(C)cc3)cc2)cc1. The molecule has 0 aliphatic carbocycles. The number of hydrogen-bond donors (Lipinski definition) is 0. The van der Waals surface area contributed by atoms with E-state index in [-0.39, 0.29) is 0 Å². The van der Waals surface area contributed by atoms with Crippen LogP contribution in [-0.2, 0) is 19.5 Å². The Balaban J connectivity index is 1.65. The van der Waals surface area contributed by atoms with Crippen LogP contribution in [0.3, 0.4) is 0 Å². The lowest BCUT2D eigenvalue weighted by Crippen LogP contribution is -2.34. The smallest absolute Gasteiger partial charge is 0.173 e. The number of benzene rings is 1. The first kappa shape index (κ1) is 15.4. The van der Waals surface area contributed by atoms with Crippen LogP contribution < -0.4 is 9.13 Å². The molecule has 23 heavy (non-hydrogen) atoms. The second kappa shape index (κ2) is 7.19. The maximum absolute atomic E-state index is 2.23. The fourth-order valence-corrected chi connectivity index (χ4v) is 2.64. The molecule has 2 heteroatoms. The van der Waals surface area contributed by atoms with Gasteiger partial charge >= 0.3 is 0 Å². The van der Waals surface area contributed by atoms with E-state index in [4.69, 9.17) is 0 Å². The van der Waals surface area contributed by atoms with Crippen LogP contribution in [0.2, 0.25) is 0 Å². The summed E-state index contributed by atoms with van der Waals surface area (Å²) < 4.78 is 4.43. The van der Waals surface area contributed by atoms with Gasteiger partial charge in [-0.3, -0.25) is 0 Å². The summed E-state index contributed by atoms with van der Waals surface area (Å²) in [7, 11) is 0. The first-order valence-corrected chi connectivity index (χ1v) is 8.24. The second-order valence-corrected chi connectivity index (χ2v) is 6.10. The molecule has 2 heterocycles. The summed E-state index contributed by atoms with van der Waals surface area (Å²) in [6.45, 7) is 6.13. The fraction of sp³-hybridized carbons (Fsp3) is 0.238. The van der Waals surface area contributed by atoms with Gasteiger partial charge in [0.1, 0.15) is 0 Å². The van der Waals surface area contributed by atoms with Crippen molar-refractivity contribution >= 4 is 0 Å². The van der Waals surface area contributed by atoms with Crippen LogP contribution in [0.25, 0.3) is 0 Å². The highest BCUT2D eigenvalue weighted by Gasteiger charge is 2.05. The molecule has 1 aromatic carbocycles. The zero-order chi connectivity index (χ0) is 16.1. The molecule has 2 aromatic heterocycles. The first-order valence-electron chi connectivity index (χ1n) is 8.24. The molecule has 0 aliphatic heterocycles. The number of pyridine rings is 2. The number of rotatable bonds is 5. The summed E-state index contributed by atoms with van der Waals surface area (Å²) in [5.41, 5.74) is 5.33. The highest BCUT2D eigenvalue weighted by atomic mass is 14.9. The van der Waals surface area contributed by atoms with Gasteiger partial charge in [-0.2, -0.15) is 0 Å². The highest BCUT2D eigenvalue weighted by Crippen LogP contribution is 2.05. The van der Waals surface area contributed by atoms with Crippen LogP contribution in [0, 0.1) is 6.92 Å². The maximum Gasteiger partial charge on any atom is 0.173 e. The Bertz CT molecular complexity index is 741.